The molecule has 0 saturated heterocycles. The molecule has 1 aromatic carbocycles. The van der Waals surface area contributed by atoms with Crippen molar-refractivity contribution in [3.8, 4) is 11.5 Å². The first kappa shape index (κ1) is 14.9. The average molecular weight is 363 g/mol. The van der Waals surface area contributed by atoms with Crippen molar-refractivity contribution in [2.45, 2.75) is 6.54 Å². The van der Waals surface area contributed by atoms with Crippen LogP contribution in [0.25, 0.3) is 22.4 Å². The Kier molecular flexibility index (Phi) is 3.59. The summed E-state index contributed by atoms with van der Waals surface area (Å²) in [6.07, 6.45) is 4.38. The second kappa shape index (κ2) is 5.77. The number of nitrogens with zero attached hydrogens (tertiary/aromatic N) is 4. The summed E-state index contributed by atoms with van der Waals surface area (Å²) >= 11 is 12.0. The number of hydrogen-bond donors (Lipinski definition) is 0. The molecule has 0 radical (unpaired) electrons. The monoisotopic (exact) mass is 362 g/mol. The largest absolute Gasteiger partial charge is 0.472 e. The lowest BCUT2D eigenvalue weighted by Gasteiger charge is -2.05. The number of benzene rings is 1. The minimum absolute atomic E-state index is 0.104. The van der Waals surface area contributed by atoms with Gasteiger partial charge in [-0.25, -0.2) is 4.98 Å². The van der Waals surface area contributed by atoms with Crippen LogP contribution in [0, 0.1) is 0 Å². The highest BCUT2D eigenvalue weighted by molar-refractivity contribution is 6.38. The van der Waals surface area contributed by atoms with Gasteiger partial charge >= 0.3 is 0 Å². The standard InChI is InChI=1S/C15H8Cl2N4O3/c16-9-3-10-13(11(17)4-9)18-7-21(15(10)22)5-12-19-14(24-20-12)8-1-2-23-6-8/h1-4,6-7H,5H2. The summed E-state index contributed by atoms with van der Waals surface area (Å²) in [5.41, 5.74) is 0.768. The van der Waals surface area contributed by atoms with Crippen LogP contribution in [0.5, 0.6) is 0 Å². The lowest BCUT2D eigenvalue weighted by molar-refractivity contribution is 0.419. The van der Waals surface area contributed by atoms with Gasteiger partial charge in [0.15, 0.2) is 5.82 Å². The molecule has 0 atom stereocenters. The molecule has 4 rings (SSSR count). The summed E-state index contributed by atoms with van der Waals surface area (Å²) in [6, 6.07) is 4.77. The number of aromatic nitrogens is 4. The number of furan rings is 1. The third kappa shape index (κ3) is 2.57. The SMILES string of the molecule is O=c1c2cc(Cl)cc(Cl)c2ncn1Cc1noc(-c2ccoc2)n1. The van der Waals surface area contributed by atoms with Gasteiger partial charge in [0.1, 0.15) is 6.26 Å². The van der Waals surface area contributed by atoms with Gasteiger partial charge in [0.25, 0.3) is 11.4 Å². The second-order valence-corrected chi connectivity index (χ2v) is 5.83. The highest BCUT2D eigenvalue weighted by atomic mass is 35.5. The van der Waals surface area contributed by atoms with Gasteiger partial charge in [-0.1, -0.05) is 28.4 Å². The van der Waals surface area contributed by atoms with Crippen LogP contribution in [0.1, 0.15) is 5.82 Å². The van der Waals surface area contributed by atoms with Crippen LogP contribution in [0.3, 0.4) is 0 Å². The van der Waals surface area contributed by atoms with E-state index in [2.05, 4.69) is 15.1 Å². The summed E-state index contributed by atoms with van der Waals surface area (Å²) < 4.78 is 11.5. The topological polar surface area (TPSA) is 87.0 Å². The van der Waals surface area contributed by atoms with Crippen molar-refractivity contribution in [1.82, 2.24) is 19.7 Å². The van der Waals surface area contributed by atoms with Gasteiger partial charge in [-0.2, -0.15) is 4.98 Å². The minimum Gasteiger partial charge on any atom is -0.472 e. The predicted molar refractivity (Wildman–Crippen MR) is 87.1 cm³/mol. The fourth-order valence-electron chi connectivity index (χ4n) is 2.28. The van der Waals surface area contributed by atoms with E-state index in [1.54, 1.807) is 12.1 Å². The minimum atomic E-state index is -0.293. The average Bonchev–Trinajstić information content (AvgIpc) is 3.21. The molecule has 3 aromatic heterocycles. The lowest BCUT2D eigenvalue weighted by Crippen LogP contribution is -2.21. The molecule has 3 heterocycles. The summed E-state index contributed by atoms with van der Waals surface area (Å²) in [7, 11) is 0. The highest BCUT2D eigenvalue weighted by Crippen LogP contribution is 2.24. The highest BCUT2D eigenvalue weighted by Gasteiger charge is 2.13. The van der Waals surface area contributed by atoms with Crippen molar-refractivity contribution in [3.05, 3.63) is 63.3 Å². The van der Waals surface area contributed by atoms with Gasteiger partial charge in [0.05, 0.1) is 40.6 Å². The molecule has 24 heavy (non-hydrogen) atoms. The molecule has 0 aliphatic rings. The van der Waals surface area contributed by atoms with E-state index < -0.39 is 0 Å². The third-order valence-electron chi connectivity index (χ3n) is 3.39. The van der Waals surface area contributed by atoms with E-state index >= 15 is 0 Å². The first-order valence-corrected chi connectivity index (χ1v) is 7.57. The Morgan fingerprint density at radius 1 is 1.25 bits per heavy atom. The summed E-state index contributed by atoms with van der Waals surface area (Å²) in [4.78, 5) is 21.0. The smallest absolute Gasteiger partial charge is 0.261 e. The van der Waals surface area contributed by atoms with Crippen molar-refractivity contribution in [2.75, 3.05) is 0 Å². The summed E-state index contributed by atoms with van der Waals surface area (Å²) in [6.45, 7) is 0.104. The molecule has 4 aromatic rings. The van der Waals surface area contributed by atoms with Gasteiger partial charge in [-0.05, 0) is 18.2 Å². The Balaban J connectivity index is 1.73. The van der Waals surface area contributed by atoms with Crippen LogP contribution in [0.4, 0.5) is 0 Å². The van der Waals surface area contributed by atoms with E-state index in [0.29, 0.717) is 38.2 Å². The van der Waals surface area contributed by atoms with Gasteiger partial charge < -0.3 is 8.94 Å². The van der Waals surface area contributed by atoms with E-state index in [0.717, 1.165) is 0 Å². The van der Waals surface area contributed by atoms with Gasteiger partial charge in [-0.15, -0.1) is 0 Å². The van der Waals surface area contributed by atoms with Crippen LogP contribution < -0.4 is 5.56 Å². The molecular weight excluding hydrogens is 355 g/mol. The number of hydrogen-bond acceptors (Lipinski definition) is 6. The predicted octanol–water partition coefficient (Wildman–Crippen LogP) is 3.39. The molecule has 7 nitrogen and oxygen atoms in total. The maximum Gasteiger partial charge on any atom is 0.261 e. The van der Waals surface area contributed by atoms with E-state index in [4.69, 9.17) is 32.1 Å². The maximum atomic E-state index is 12.6. The van der Waals surface area contributed by atoms with Gasteiger partial charge in [-0.3, -0.25) is 9.36 Å². The summed E-state index contributed by atoms with van der Waals surface area (Å²) in [5, 5.41) is 4.87. The fourth-order valence-corrected chi connectivity index (χ4v) is 2.82. The molecule has 0 aliphatic carbocycles. The molecule has 0 amide bonds. The molecule has 120 valence electrons. The third-order valence-corrected chi connectivity index (χ3v) is 3.90. The van der Waals surface area contributed by atoms with E-state index in [9.17, 15) is 4.79 Å². The fraction of sp³-hybridized carbons (Fsp3) is 0.0667. The number of fused-ring (bicyclic) bond motifs is 1. The van der Waals surface area contributed by atoms with Crippen molar-refractivity contribution in [1.29, 1.82) is 0 Å². The Bertz CT molecular complexity index is 1090. The Hall–Kier alpha value is -2.64. The van der Waals surface area contributed by atoms with E-state index in [-0.39, 0.29) is 12.1 Å². The Labute approximate surface area is 144 Å². The van der Waals surface area contributed by atoms with Crippen LogP contribution in [0.15, 0.2) is 50.8 Å². The second-order valence-electron chi connectivity index (χ2n) is 4.99. The molecule has 0 bridgehead atoms. The summed E-state index contributed by atoms with van der Waals surface area (Å²) in [5.74, 6) is 0.647. The molecular formula is C15H8Cl2N4O3. The first-order valence-electron chi connectivity index (χ1n) is 6.81. The van der Waals surface area contributed by atoms with Crippen LogP contribution >= 0.6 is 23.2 Å². The Morgan fingerprint density at radius 2 is 2.12 bits per heavy atom. The molecule has 0 saturated carbocycles. The molecule has 0 spiro atoms. The molecule has 9 heteroatoms. The van der Waals surface area contributed by atoms with Crippen molar-refractivity contribution >= 4 is 34.1 Å². The lowest BCUT2D eigenvalue weighted by atomic mass is 10.2. The van der Waals surface area contributed by atoms with Crippen LogP contribution in [0.2, 0.25) is 10.0 Å². The normalized spacial score (nSPS) is 11.2. The quantitative estimate of drug-likeness (QED) is 0.555. The van der Waals surface area contributed by atoms with Crippen molar-refractivity contribution < 1.29 is 8.94 Å². The Morgan fingerprint density at radius 3 is 2.92 bits per heavy atom. The molecule has 0 unspecified atom stereocenters. The van der Waals surface area contributed by atoms with E-state index in [1.165, 1.54) is 29.5 Å². The van der Waals surface area contributed by atoms with E-state index in [1.807, 2.05) is 0 Å². The van der Waals surface area contributed by atoms with Gasteiger partial charge in [0, 0.05) is 5.02 Å². The van der Waals surface area contributed by atoms with Crippen molar-refractivity contribution in [3.63, 3.8) is 0 Å². The zero-order valence-corrected chi connectivity index (χ0v) is 13.5. The van der Waals surface area contributed by atoms with Gasteiger partial charge in [0.2, 0.25) is 0 Å². The number of rotatable bonds is 3. The zero-order valence-electron chi connectivity index (χ0n) is 11.9. The zero-order chi connectivity index (χ0) is 16.7. The van der Waals surface area contributed by atoms with Crippen LogP contribution in [-0.4, -0.2) is 19.7 Å². The number of halogens is 2. The molecule has 0 fully saturated rings. The van der Waals surface area contributed by atoms with Crippen LogP contribution in [-0.2, 0) is 6.54 Å². The van der Waals surface area contributed by atoms with Crippen molar-refractivity contribution in [2.24, 2.45) is 0 Å². The molecule has 0 N–H and O–H groups in total. The molecule has 0 aliphatic heterocycles. The first-order chi connectivity index (χ1) is 11.6. The maximum absolute atomic E-state index is 12.6.